The Morgan fingerprint density at radius 2 is 2.00 bits per heavy atom. The Hall–Kier alpha value is -0.790. The Morgan fingerprint density at radius 1 is 1.33 bits per heavy atom. The minimum absolute atomic E-state index is 0.0528. The van der Waals surface area contributed by atoms with Crippen LogP contribution in [0.3, 0.4) is 0 Å². The van der Waals surface area contributed by atoms with Crippen LogP contribution in [-0.4, -0.2) is 26.0 Å². The van der Waals surface area contributed by atoms with Gasteiger partial charge in [-0.25, -0.2) is 17.5 Å². The lowest BCUT2D eigenvalue weighted by Crippen LogP contribution is -2.37. The monoisotopic (exact) mass is 290 g/mol. The van der Waals surface area contributed by atoms with Gasteiger partial charge in [-0.15, -0.1) is 0 Å². The predicted octanol–water partition coefficient (Wildman–Crippen LogP) is 1.58. The third-order valence-corrected chi connectivity index (χ3v) is 5.39. The molecule has 7 heteroatoms. The molecule has 1 saturated heterocycles. The van der Waals surface area contributed by atoms with Crippen molar-refractivity contribution < 1.29 is 12.8 Å². The van der Waals surface area contributed by atoms with E-state index < -0.39 is 15.8 Å². The van der Waals surface area contributed by atoms with Gasteiger partial charge < -0.3 is 5.73 Å². The summed E-state index contributed by atoms with van der Waals surface area (Å²) in [6, 6.07) is 3.48. The zero-order valence-corrected chi connectivity index (χ0v) is 11.4. The molecule has 100 valence electrons. The summed E-state index contributed by atoms with van der Waals surface area (Å²) in [4.78, 5) is -0.0765. The molecule has 1 aliphatic rings. The standard InChI is InChI=1S/C11H15FN2O2S2/c12-10-7-9(1-2-11(10)13)18(15,16)14-8-3-5-17-6-4-8/h1-2,7-8,14H,3-6,13H2. The van der Waals surface area contributed by atoms with Crippen LogP contribution >= 0.6 is 11.8 Å². The molecule has 0 radical (unpaired) electrons. The second-order valence-corrected chi connectivity index (χ2v) is 7.13. The van der Waals surface area contributed by atoms with E-state index >= 15 is 0 Å². The average molecular weight is 290 g/mol. The summed E-state index contributed by atoms with van der Waals surface area (Å²) in [6.07, 6.45) is 1.61. The van der Waals surface area contributed by atoms with Gasteiger partial charge in [0.2, 0.25) is 10.0 Å². The van der Waals surface area contributed by atoms with Crippen LogP contribution in [0.4, 0.5) is 10.1 Å². The van der Waals surface area contributed by atoms with Crippen molar-refractivity contribution in [2.24, 2.45) is 0 Å². The highest BCUT2D eigenvalue weighted by Crippen LogP contribution is 2.20. The van der Waals surface area contributed by atoms with E-state index in [1.54, 1.807) is 0 Å². The molecule has 0 unspecified atom stereocenters. The van der Waals surface area contributed by atoms with Gasteiger partial charge in [0, 0.05) is 6.04 Å². The largest absolute Gasteiger partial charge is 0.396 e. The van der Waals surface area contributed by atoms with Crippen LogP contribution in [0.2, 0.25) is 0 Å². The molecule has 2 rings (SSSR count). The second-order valence-electron chi connectivity index (χ2n) is 4.19. The summed E-state index contributed by atoms with van der Waals surface area (Å²) in [5.74, 6) is 1.18. The van der Waals surface area contributed by atoms with Gasteiger partial charge in [-0.1, -0.05) is 0 Å². The number of halogens is 1. The lowest BCUT2D eigenvalue weighted by Gasteiger charge is -2.22. The molecule has 0 bridgehead atoms. The number of benzene rings is 1. The van der Waals surface area contributed by atoms with Crippen LogP contribution in [0.15, 0.2) is 23.1 Å². The Labute approximate surface area is 110 Å². The van der Waals surface area contributed by atoms with Gasteiger partial charge in [-0.2, -0.15) is 11.8 Å². The van der Waals surface area contributed by atoms with E-state index in [9.17, 15) is 12.8 Å². The molecule has 3 N–H and O–H groups in total. The van der Waals surface area contributed by atoms with E-state index in [-0.39, 0.29) is 16.6 Å². The van der Waals surface area contributed by atoms with Crippen LogP contribution in [0, 0.1) is 5.82 Å². The number of anilines is 1. The predicted molar refractivity (Wildman–Crippen MR) is 71.5 cm³/mol. The Kier molecular flexibility index (Phi) is 4.14. The van der Waals surface area contributed by atoms with Crippen LogP contribution in [-0.2, 0) is 10.0 Å². The SMILES string of the molecule is Nc1ccc(S(=O)(=O)NC2CCSCC2)cc1F. The molecule has 1 aromatic carbocycles. The second kappa shape index (κ2) is 5.46. The Morgan fingerprint density at radius 3 is 2.61 bits per heavy atom. The maximum atomic E-state index is 13.3. The number of nitrogens with one attached hydrogen (secondary N) is 1. The highest BCUT2D eigenvalue weighted by Gasteiger charge is 2.22. The van der Waals surface area contributed by atoms with Crippen molar-refractivity contribution in [3.8, 4) is 0 Å². The highest BCUT2D eigenvalue weighted by molar-refractivity contribution is 7.99. The molecule has 4 nitrogen and oxygen atoms in total. The van der Waals surface area contributed by atoms with Crippen LogP contribution in [0.1, 0.15) is 12.8 Å². The first-order valence-corrected chi connectivity index (χ1v) is 8.28. The summed E-state index contributed by atoms with van der Waals surface area (Å²) < 4.78 is 40.0. The molecule has 18 heavy (non-hydrogen) atoms. The smallest absolute Gasteiger partial charge is 0.240 e. The van der Waals surface area contributed by atoms with Gasteiger partial charge in [-0.3, -0.25) is 0 Å². The molecule has 0 aromatic heterocycles. The number of nitrogen functional groups attached to an aromatic ring is 1. The van der Waals surface area contributed by atoms with E-state index in [0.29, 0.717) is 0 Å². The van der Waals surface area contributed by atoms with Crippen molar-refractivity contribution in [3.63, 3.8) is 0 Å². The lowest BCUT2D eigenvalue weighted by atomic mass is 10.2. The zero-order valence-electron chi connectivity index (χ0n) is 9.73. The van der Waals surface area contributed by atoms with Crippen LogP contribution in [0.25, 0.3) is 0 Å². The molecule has 1 fully saturated rings. The van der Waals surface area contributed by atoms with Gasteiger partial charge in [0.05, 0.1) is 10.6 Å². The van der Waals surface area contributed by atoms with Crippen molar-refractivity contribution in [2.45, 2.75) is 23.8 Å². The summed E-state index contributed by atoms with van der Waals surface area (Å²) in [6.45, 7) is 0. The quantitative estimate of drug-likeness (QED) is 0.829. The topological polar surface area (TPSA) is 72.2 Å². The first kappa shape index (κ1) is 13.6. The molecule has 0 amide bonds. The van der Waals surface area contributed by atoms with E-state index in [4.69, 9.17) is 5.73 Å². The zero-order chi connectivity index (χ0) is 13.2. The van der Waals surface area contributed by atoms with Crippen LogP contribution < -0.4 is 10.5 Å². The third kappa shape index (κ3) is 3.15. The van der Waals surface area contributed by atoms with Gasteiger partial charge >= 0.3 is 0 Å². The number of hydrogen-bond donors (Lipinski definition) is 2. The average Bonchev–Trinajstić information content (AvgIpc) is 2.33. The van der Waals surface area contributed by atoms with Crippen molar-refractivity contribution >= 4 is 27.5 Å². The fraction of sp³-hybridized carbons (Fsp3) is 0.455. The summed E-state index contributed by atoms with van der Waals surface area (Å²) in [5.41, 5.74) is 5.27. The Balaban J connectivity index is 2.16. The summed E-state index contributed by atoms with van der Waals surface area (Å²) >= 11 is 1.81. The van der Waals surface area contributed by atoms with Crippen molar-refractivity contribution in [1.29, 1.82) is 0 Å². The fourth-order valence-electron chi connectivity index (χ4n) is 1.78. The molecule has 1 aromatic rings. The number of sulfonamides is 1. The van der Waals surface area contributed by atoms with Crippen molar-refractivity contribution in [2.75, 3.05) is 17.2 Å². The summed E-state index contributed by atoms with van der Waals surface area (Å²) in [5, 5.41) is 0. The molecule has 0 aliphatic carbocycles. The van der Waals surface area contributed by atoms with E-state index in [0.717, 1.165) is 30.4 Å². The third-order valence-electron chi connectivity index (χ3n) is 2.83. The van der Waals surface area contributed by atoms with E-state index in [1.807, 2.05) is 11.8 Å². The molecule has 1 aliphatic heterocycles. The van der Waals surface area contributed by atoms with Gasteiger partial charge in [0.15, 0.2) is 0 Å². The van der Waals surface area contributed by atoms with E-state index in [1.165, 1.54) is 12.1 Å². The molecule has 0 saturated carbocycles. The minimum atomic E-state index is -3.65. The molecular formula is C11H15FN2O2S2. The van der Waals surface area contributed by atoms with E-state index in [2.05, 4.69) is 4.72 Å². The highest BCUT2D eigenvalue weighted by atomic mass is 32.2. The molecule has 0 atom stereocenters. The number of hydrogen-bond acceptors (Lipinski definition) is 4. The number of thioether (sulfide) groups is 1. The molecule has 0 spiro atoms. The normalized spacial score (nSPS) is 17.8. The van der Waals surface area contributed by atoms with Gasteiger partial charge in [0.25, 0.3) is 0 Å². The van der Waals surface area contributed by atoms with Crippen molar-refractivity contribution in [3.05, 3.63) is 24.0 Å². The maximum Gasteiger partial charge on any atom is 0.240 e. The van der Waals surface area contributed by atoms with Gasteiger partial charge in [-0.05, 0) is 42.5 Å². The minimum Gasteiger partial charge on any atom is -0.396 e. The molecule has 1 heterocycles. The van der Waals surface area contributed by atoms with Crippen molar-refractivity contribution in [1.82, 2.24) is 4.72 Å². The number of nitrogens with two attached hydrogens (primary N) is 1. The summed E-state index contributed by atoms with van der Waals surface area (Å²) in [7, 11) is -3.65. The lowest BCUT2D eigenvalue weighted by molar-refractivity contribution is 0.527. The fourth-order valence-corrected chi connectivity index (χ4v) is 4.20. The number of rotatable bonds is 3. The first-order chi connectivity index (χ1) is 8.49. The van der Waals surface area contributed by atoms with Gasteiger partial charge in [0.1, 0.15) is 5.82 Å². The maximum absolute atomic E-state index is 13.3. The first-order valence-electron chi connectivity index (χ1n) is 5.64. The Bertz CT molecular complexity index is 528. The van der Waals surface area contributed by atoms with Crippen LogP contribution in [0.5, 0.6) is 0 Å². The molecular weight excluding hydrogens is 275 g/mol.